The van der Waals surface area contributed by atoms with Crippen LogP contribution in [-0.2, 0) is 0 Å². The maximum atomic E-state index is 11.6. The number of hydrogen-bond donors (Lipinski definition) is 2. The molecule has 1 aromatic rings. The third-order valence-corrected chi connectivity index (χ3v) is 2.91. The van der Waals surface area contributed by atoms with Crippen molar-refractivity contribution in [1.82, 2.24) is 15.5 Å². The average molecular weight is 254 g/mol. The topological polar surface area (TPSA) is 66.9 Å². The zero-order valence-electron chi connectivity index (χ0n) is 10.2. The molecule has 0 spiro atoms. The molecule has 0 aliphatic rings. The Morgan fingerprint density at radius 3 is 2.76 bits per heavy atom. The molecule has 0 fully saturated rings. The summed E-state index contributed by atoms with van der Waals surface area (Å²) in [5.41, 5.74) is 0.355. The Morgan fingerprint density at radius 1 is 1.35 bits per heavy atom. The Kier molecular flexibility index (Phi) is 6.39. The lowest BCUT2D eigenvalue weighted by Gasteiger charge is -2.04. The van der Waals surface area contributed by atoms with E-state index in [1.54, 1.807) is 19.2 Å². The van der Waals surface area contributed by atoms with E-state index in [1.165, 1.54) is 0 Å². The summed E-state index contributed by atoms with van der Waals surface area (Å²) in [5.74, 6) is 1.62. The molecule has 0 aromatic carbocycles. The van der Waals surface area contributed by atoms with Crippen LogP contribution in [0.25, 0.3) is 0 Å². The number of anilines is 1. The molecule has 0 aliphatic heterocycles. The van der Waals surface area contributed by atoms with Gasteiger partial charge in [-0.1, -0.05) is 0 Å². The fraction of sp³-hybridized carbons (Fsp3) is 0.545. The van der Waals surface area contributed by atoms with E-state index in [0.29, 0.717) is 18.1 Å². The fourth-order valence-electron chi connectivity index (χ4n) is 1.25. The molecular weight excluding hydrogens is 236 g/mol. The molecule has 5 nitrogen and oxygen atoms in total. The first-order valence-electron chi connectivity index (χ1n) is 5.56. The number of aromatic nitrogens is 2. The van der Waals surface area contributed by atoms with Gasteiger partial charge in [-0.15, -0.1) is 10.2 Å². The first-order valence-corrected chi connectivity index (χ1v) is 6.96. The van der Waals surface area contributed by atoms with E-state index >= 15 is 0 Å². The molecule has 2 N–H and O–H groups in total. The molecule has 17 heavy (non-hydrogen) atoms. The first kappa shape index (κ1) is 13.8. The summed E-state index contributed by atoms with van der Waals surface area (Å²) in [4.78, 5) is 11.6. The van der Waals surface area contributed by atoms with Crippen LogP contribution in [0.15, 0.2) is 12.1 Å². The van der Waals surface area contributed by atoms with Gasteiger partial charge in [0, 0.05) is 13.6 Å². The summed E-state index contributed by atoms with van der Waals surface area (Å²) in [6.45, 7) is 0.689. The monoisotopic (exact) mass is 254 g/mol. The molecule has 0 radical (unpaired) electrons. The number of rotatable bonds is 7. The molecule has 1 amide bonds. The molecule has 1 heterocycles. The summed E-state index contributed by atoms with van der Waals surface area (Å²) in [7, 11) is 1.76. The SMILES string of the molecule is CNc1ccc(C(=O)NCCCCSC)nn1. The molecular formula is C11H18N4OS. The second kappa shape index (κ2) is 7.89. The van der Waals surface area contributed by atoms with Crippen LogP contribution in [0.2, 0.25) is 0 Å². The van der Waals surface area contributed by atoms with E-state index in [0.717, 1.165) is 18.6 Å². The van der Waals surface area contributed by atoms with Gasteiger partial charge >= 0.3 is 0 Å². The van der Waals surface area contributed by atoms with Crippen LogP contribution in [0.5, 0.6) is 0 Å². The van der Waals surface area contributed by atoms with E-state index in [9.17, 15) is 4.79 Å². The Labute approximate surface area is 106 Å². The highest BCUT2D eigenvalue weighted by atomic mass is 32.2. The minimum Gasteiger partial charge on any atom is -0.372 e. The predicted molar refractivity (Wildman–Crippen MR) is 71.5 cm³/mol. The fourth-order valence-corrected chi connectivity index (χ4v) is 1.74. The van der Waals surface area contributed by atoms with Crippen molar-refractivity contribution in [3.8, 4) is 0 Å². The number of carbonyl (C=O) groups excluding carboxylic acids is 1. The van der Waals surface area contributed by atoms with Gasteiger partial charge in [-0.25, -0.2) is 0 Å². The molecule has 94 valence electrons. The third kappa shape index (κ3) is 5.04. The molecule has 0 saturated heterocycles. The van der Waals surface area contributed by atoms with Gasteiger partial charge < -0.3 is 10.6 Å². The van der Waals surface area contributed by atoms with Gasteiger partial charge in [0.15, 0.2) is 5.69 Å². The number of carbonyl (C=O) groups is 1. The van der Waals surface area contributed by atoms with Crippen LogP contribution < -0.4 is 10.6 Å². The molecule has 0 bridgehead atoms. The highest BCUT2D eigenvalue weighted by molar-refractivity contribution is 7.98. The van der Waals surface area contributed by atoms with Gasteiger partial charge in [-0.05, 0) is 37.0 Å². The number of unbranched alkanes of at least 4 members (excludes halogenated alkanes) is 1. The van der Waals surface area contributed by atoms with Crippen LogP contribution in [0, 0.1) is 0 Å². The Bertz CT molecular complexity index is 342. The standard InChI is InChI=1S/C11H18N4OS/c1-12-10-6-5-9(14-15-10)11(16)13-7-3-4-8-17-2/h5-6H,3-4,7-8H2,1-2H3,(H,12,15)(H,13,16). The number of thioether (sulfide) groups is 1. The second-order valence-corrected chi connectivity index (χ2v) is 4.50. The predicted octanol–water partition coefficient (Wildman–Crippen LogP) is 1.39. The normalized spacial score (nSPS) is 10.0. The van der Waals surface area contributed by atoms with Crippen LogP contribution in [0.1, 0.15) is 23.3 Å². The zero-order valence-corrected chi connectivity index (χ0v) is 11.0. The van der Waals surface area contributed by atoms with Gasteiger partial charge in [0.2, 0.25) is 0 Å². The Morgan fingerprint density at radius 2 is 2.18 bits per heavy atom. The summed E-state index contributed by atoms with van der Waals surface area (Å²) in [6, 6.07) is 3.39. The van der Waals surface area contributed by atoms with Gasteiger partial charge in [0.25, 0.3) is 5.91 Å². The van der Waals surface area contributed by atoms with Crippen molar-refractivity contribution >= 4 is 23.5 Å². The maximum absolute atomic E-state index is 11.6. The highest BCUT2D eigenvalue weighted by Gasteiger charge is 2.06. The maximum Gasteiger partial charge on any atom is 0.271 e. The van der Waals surface area contributed by atoms with E-state index in [1.807, 2.05) is 11.8 Å². The first-order chi connectivity index (χ1) is 8.27. The minimum absolute atomic E-state index is 0.163. The van der Waals surface area contributed by atoms with Crippen LogP contribution >= 0.6 is 11.8 Å². The quantitative estimate of drug-likeness (QED) is 0.720. The van der Waals surface area contributed by atoms with Crippen LogP contribution in [0.3, 0.4) is 0 Å². The van der Waals surface area contributed by atoms with Crippen molar-refractivity contribution in [3.63, 3.8) is 0 Å². The second-order valence-electron chi connectivity index (χ2n) is 3.51. The van der Waals surface area contributed by atoms with Crippen LogP contribution in [0.4, 0.5) is 5.82 Å². The number of amides is 1. The lowest BCUT2D eigenvalue weighted by Crippen LogP contribution is -2.25. The summed E-state index contributed by atoms with van der Waals surface area (Å²) < 4.78 is 0. The zero-order chi connectivity index (χ0) is 12.5. The highest BCUT2D eigenvalue weighted by Crippen LogP contribution is 2.01. The van der Waals surface area contributed by atoms with E-state index in [2.05, 4.69) is 27.1 Å². The molecule has 0 unspecified atom stereocenters. The number of nitrogens with one attached hydrogen (secondary N) is 2. The number of hydrogen-bond acceptors (Lipinski definition) is 5. The van der Waals surface area contributed by atoms with Crippen LogP contribution in [-0.4, -0.2) is 41.7 Å². The van der Waals surface area contributed by atoms with Gasteiger partial charge in [-0.2, -0.15) is 11.8 Å². The largest absolute Gasteiger partial charge is 0.372 e. The molecule has 0 saturated carbocycles. The number of nitrogens with zero attached hydrogens (tertiary/aromatic N) is 2. The Hall–Kier alpha value is -1.30. The van der Waals surface area contributed by atoms with Gasteiger partial charge in [0.1, 0.15) is 5.82 Å². The summed E-state index contributed by atoms with van der Waals surface area (Å²) in [5, 5.41) is 13.4. The van der Waals surface area contributed by atoms with Crippen molar-refractivity contribution < 1.29 is 4.79 Å². The van der Waals surface area contributed by atoms with Crippen molar-refractivity contribution in [2.24, 2.45) is 0 Å². The average Bonchev–Trinajstić information content (AvgIpc) is 2.38. The minimum atomic E-state index is -0.163. The lowest BCUT2D eigenvalue weighted by atomic mass is 10.3. The van der Waals surface area contributed by atoms with Crippen molar-refractivity contribution in [3.05, 3.63) is 17.8 Å². The third-order valence-electron chi connectivity index (χ3n) is 2.21. The molecule has 0 atom stereocenters. The van der Waals surface area contributed by atoms with Gasteiger partial charge in [0.05, 0.1) is 0 Å². The van der Waals surface area contributed by atoms with E-state index in [-0.39, 0.29) is 5.91 Å². The summed E-state index contributed by atoms with van der Waals surface area (Å²) >= 11 is 1.82. The molecule has 1 rings (SSSR count). The Balaban J connectivity index is 2.31. The van der Waals surface area contributed by atoms with Gasteiger partial charge in [-0.3, -0.25) is 4.79 Å². The van der Waals surface area contributed by atoms with Crippen molar-refractivity contribution in [2.45, 2.75) is 12.8 Å². The molecule has 0 aliphatic carbocycles. The lowest BCUT2D eigenvalue weighted by molar-refractivity contribution is 0.0947. The summed E-state index contributed by atoms with van der Waals surface area (Å²) in [6.07, 6.45) is 4.19. The van der Waals surface area contributed by atoms with E-state index < -0.39 is 0 Å². The molecule has 6 heteroatoms. The smallest absolute Gasteiger partial charge is 0.271 e. The van der Waals surface area contributed by atoms with E-state index in [4.69, 9.17) is 0 Å². The van der Waals surface area contributed by atoms with Crippen molar-refractivity contribution in [1.29, 1.82) is 0 Å². The van der Waals surface area contributed by atoms with Crippen molar-refractivity contribution in [2.75, 3.05) is 30.9 Å². The molecule has 1 aromatic heterocycles.